The van der Waals surface area contributed by atoms with Crippen LogP contribution in [-0.4, -0.2) is 31.3 Å². The molecule has 0 aliphatic carbocycles. The molecule has 2 heterocycles. The molecular weight excluding hydrogens is 364 g/mol. The molecule has 27 heavy (non-hydrogen) atoms. The topological polar surface area (TPSA) is 106 Å². The fraction of sp³-hybridized carbons (Fsp3) is 0.0556. The van der Waals surface area contributed by atoms with E-state index in [-0.39, 0.29) is 11.1 Å². The smallest absolute Gasteiger partial charge is 0.264 e. The zero-order chi connectivity index (χ0) is 18.6. The molecule has 2 aromatic carbocycles. The molecule has 9 heteroatoms. The Kier molecular flexibility index (Phi) is 4.67. The molecule has 0 radical (unpaired) electrons. The van der Waals surface area contributed by atoms with E-state index in [4.69, 9.17) is 10.1 Å². The van der Waals surface area contributed by atoms with Crippen molar-refractivity contribution in [2.24, 2.45) is 0 Å². The summed E-state index contributed by atoms with van der Waals surface area (Å²) < 4.78 is 7.52. The number of hydrogen-bond donors (Lipinski definition) is 2. The lowest BCUT2D eigenvalue weighted by Gasteiger charge is -2.12. The highest BCUT2D eigenvalue weighted by molar-refractivity contribution is 8.18. The van der Waals surface area contributed by atoms with Gasteiger partial charge in [0.05, 0.1) is 4.91 Å². The third kappa shape index (κ3) is 3.87. The van der Waals surface area contributed by atoms with Crippen molar-refractivity contribution >= 4 is 28.9 Å². The average molecular weight is 378 g/mol. The number of carbonyl (C=O) groups excluding carboxylic acids is 1. The predicted molar refractivity (Wildman–Crippen MR) is 101 cm³/mol. The van der Waals surface area contributed by atoms with Crippen molar-refractivity contribution in [2.45, 2.75) is 6.61 Å². The Balaban J connectivity index is 1.66. The fourth-order valence-corrected chi connectivity index (χ4v) is 3.23. The van der Waals surface area contributed by atoms with Crippen LogP contribution in [0.5, 0.6) is 5.75 Å². The van der Waals surface area contributed by atoms with E-state index in [9.17, 15) is 4.79 Å². The summed E-state index contributed by atoms with van der Waals surface area (Å²) in [7, 11) is 0. The van der Waals surface area contributed by atoms with Gasteiger partial charge in [0.15, 0.2) is 5.17 Å². The lowest BCUT2D eigenvalue weighted by Crippen LogP contribution is -2.18. The van der Waals surface area contributed by atoms with Crippen LogP contribution in [0.2, 0.25) is 0 Å². The maximum Gasteiger partial charge on any atom is 0.264 e. The molecule has 3 aromatic rings. The summed E-state index contributed by atoms with van der Waals surface area (Å²) in [5.41, 5.74) is 2.50. The first-order chi connectivity index (χ1) is 13.2. The average Bonchev–Trinajstić information content (AvgIpc) is 3.31. The van der Waals surface area contributed by atoms with Gasteiger partial charge in [-0.3, -0.25) is 10.2 Å². The third-order valence-corrected chi connectivity index (χ3v) is 4.61. The van der Waals surface area contributed by atoms with Crippen LogP contribution in [0.4, 0.5) is 0 Å². The molecule has 4 rings (SSSR count). The van der Waals surface area contributed by atoms with Gasteiger partial charge in [-0.1, -0.05) is 36.4 Å². The standard InChI is InChI=1S/C18H14N6O2S/c19-18-21-17(25)16(27-18)9-13-6-7-14(24-11-20-22-23-24)15(8-13)26-10-12-4-2-1-3-5-12/h1-9,11H,10H2,(H2,19,21,25). The SMILES string of the molecule is N=C1NC(=O)C(=Cc2ccc(-n3cnnn3)c(OCc3ccccc3)c2)S1. The number of aromatic nitrogens is 4. The Morgan fingerprint density at radius 2 is 2.07 bits per heavy atom. The first kappa shape index (κ1) is 17.0. The Morgan fingerprint density at radius 1 is 1.22 bits per heavy atom. The van der Waals surface area contributed by atoms with Crippen molar-refractivity contribution < 1.29 is 9.53 Å². The van der Waals surface area contributed by atoms with E-state index in [1.165, 1.54) is 11.0 Å². The highest BCUT2D eigenvalue weighted by Gasteiger charge is 2.22. The summed E-state index contributed by atoms with van der Waals surface area (Å²) in [6.45, 7) is 0.385. The second kappa shape index (κ2) is 7.42. The van der Waals surface area contributed by atoms with Crippen molar-refractivity contribution in [1.82, 2.24) is 25.5 Å². The Morgan fingerprint density at radius 3 is 2.78 bits per heavy atom. The van der Waals surface area contributed by atoms with Crippen LogP contribution in [0.3, 0.4) is 0 Å². The number of amides is 1. The zero-order valence-corrected chi connectivity index (χ0v) is 14.8. The molecule has 8 nitrogen and oxygen atoms in total. The Hall–Kier alpha value is -3.46. The summed E-state index contributed by atoms with van der Waals surface area (Å²) in [6, 6.07) is 15.3. The maximum absolute atomic E-state index is 11.8. The van der Waals surface area contributed by atoms with E-state index in [0.29, 0.717) is 22.9 Å². The highest BCUT2D eigenvalue weighted by atomic mass is 32.2. The zero-order valence-electron chi connectivity index (χ0n) is 14.0. The largest absolute Gasteiger partial charge is 0.487 e. The number of rotatable bonds is 5. The van der Waals surface area contributed by atoms with E-state index in [0.717, 1.165) is 22.9 Å². The highest BCUT2D eigenvalue weighted by Crippen LogP contribution is 2.29. The number of ether oxygens (including phenoxy) is 1. The van der Waals surface area contributed by atoms with Crippen molar-refractivity contribution in [2.75, 3.05) is 0 Å². The van der Waals surface area contributed by atoms with Gasteiger partial charge < -0.3 is 10.1 Å². The molecule has 1 aliphatic heterocycles. The van der Waals surface area contributed by atoms with E-state index in [2.05, 4.69) is 20.8 Å². The number of tetrazole rings is 1. The van der Waals surface area contributed by atoms with Gasteiger partial charge in [0.2, 0.25) is 0 Å². The molecule has 1 saturated heterocycles. The van der Waals surface area contributed by atoms with E-state index in [1.54, 1.807) is 6.08 Å². The molecule has 2 N–H and O–H groups in total. The molecular formula is C18H14N6O2S. The fourth-order valence-electron chi connectivity index (χ4n) is 2.53. The maximum atomic E-state index is 11.8. The minimum absolute atomic E-state index is 0.122. The van der Waals surface area contributed by atoms with Gasteiger partial charge in [-0.05, 0) is 51.5 Å². The predicted octanol–water partition coefficient (Wildman–Crippen LogP) is 2.38. The van der Waals surface area contributed by atoms with E-state index < -0.39 is 0 Å². The molecule has 0 atom stereocenters. The summed E-state index contributed by atoms with van der Waals surface area (Å²) in [5, 5.41) is 21.4. The molecule has 1 fully saturated rings. The third-order valence-electron chi connectivity index (χ3n) is 3.78. The minimum Gasteiger partial charge on any atom is -0.487 e. The number of nitrogens with one attached hydrogen (secondary N) is 2. The van der Waals surface area contributed by atoms with Crippen molar-refractivity contribution in [1.29, 1.82) is 5.41 Å². The molecule has 1 aromatic heterocycles. The number of hydrogen-bond acceptors (Lipinski definition) is 7. The van der Waals surface area contributed by atoms with Crippen LogP contribution in [-0.2, 0) is 11.4 Å². The van der Waals surface area contributed by atoms with Crippen LogP contribution >= 0.6 is 11.8 Å². The normalized spacial score (nSPS) is 15.2. The first-order valence-corrected chi connectivity index (χ1v) is 8.84. The number of thioether (sulfide) groups is 1. The Bertz CT molecular complexity index is 1020. The van der Waals surface area contributed by atoms with Crippen LogP contribution in [0.1, 0.15) is 11.1 Å². The van der Waals surface area contributed by atoms with Crippen molar-refractivity contribution in [3.63, 3.8) is 0 Å². The van der Waals surface area contributed by atoms with Crippen LogP contribution in [0.25, 0.3) is 11.8 Å². The molecule has 1 amide bonds. The van der Waals surface area contributed by atoms with Crippen molar-refractivity contribution in [3.05, 3.63) is 70.9 Å². The minimum atomic E-state index is -0.277. The Labute approximate surface area is 158 Å². The molecule has 1 aliphatic rings. The summed E-state index contributed by atoms with van der Waals surface area (Å²) >= 11 is 1.09. The van der Waals surface area contributed by atoms with Crippen molar-refractivity contribution in [3.8, 4) is 11.4 Å². The summed E-state index contributed by atoms with van der Waals surface area (Å²) in [4.78, 5) is 12.3. The van der Waals surface area contributed by atoms with Gasteiger partial charge in [-0.15, -0.1) is 5.10 Å². The quantitative estimate of drug-likeness (QED) is 0.661. The first-order valence-electron chi connectivity index (χ1n) is 8.02. The number of nitrogens with zero attached hydrogens (tertiary/aromatic N) is 4. The molecule has 134 valence electrons. The van der Waals surface area contributed by atoms with Crippen LogP contribution in [0.15, 0.2) is 59.8 Å². The summed E-state index contributed by atoms with van der Waals surface area (Å²) in [6.07, 6.45) is 3.21. The molecule has 0 saturated carbocycles. The van der Waals surface area contributed by atoms with Gasteiger partial charge in [0.1, 0.15) is 24.4 Å². The lowest BCUT2D eigenvalue weighted by molar-refractivity contribution is -0.115. The van der Waals surface area contributed by atoms with Gasteiger partial charge in [0, 0.05) is 0 Å². The number of benzene rings is 2. The molecule has 0 unspecified atom stereocenters. The van der Waals surface area contributed by atoms with E-state index >= 15 is 0 Å². The van der Waals surface area contributed by atoms with Gasteiger partial charge >= 0.3 is 0 Å². The van der Waals surface area contributed by atoms with Crippen LogP contribution < -0.4 is 10.1 Å². The number of carbonyl (C=O) groups is 1. The van der Waals surface area contributed by atoms with E-state index in [1.807, 2.05) is 48.5 Å². The number of amidine groups is 1. The lowest BCUT2D eigenvalue weighted by atomic mass is 10.1. The second-order valence-electron chi connectivity index (χ2n) is 5.65. The van der Waals surface area contributed by atoms with Gasteiger partial charge in [-0.2, -0.15) is 4.68 Å². The van der Waals surface area contributed by atoms with Gasteiger partial charge in [0.25, 0.3) is 5.91 Å². The molecule has 0 spiro atoms. The monoisotopic (exact) mass is 378 g/mol. The molecule has 0 bridgehead atoms. The van der Waals surface area contributed by atoms with Gasteiger partial charge in [-0.25, -0.2) is 0 Å². The second-order valence-corrected chi connectivity index (χ2v) is 6.70. The summed E-state index contributed by atoms with van der Waals surface area (Å²) in [5.74, 6) is 0.306. The van der Waals surface area contributed by atoms with Crippen LogP contribution in [0, 0.1) is 5.41 Å².